The Morgan fingerprint density at radius 1 is 1.47 bits per heavy atom. The fraction of sp³-hybridized carbons (Fsp3) is 0.923. The fourth-order valence-corrected chi connectivity index (χ4v) is 2.36. The van der Waals surface area contributed by atoms with Gasteiger partial charge in [-0.05, 0) is 31.6 Å². The van der Waals surface area contributed by atoms with Gasteiger partial charge in [0.05, 0.1) is 12.0 Å². The Kier molecular flexibility index (Phi) is 5.92. The standard InChI is InChI=1S/C13H25NO3/c1-3-13(4-2,12(15)16)10-14-8-11-6-5-7-17-9-11/h11,14H,3-10H2,1-2H3,(H,15,16). The molecule has 2 N–H and O–H groups in total. The molecule has 1 rings (SSSR count). The molecule has 0 aliphatic carbocycles. The minimum Gasteiger partial charge on any atom is -0.481 e. The molecule has 4 nitrogen and oxygen atoms in total. The quantitative estimate of drug-likeness (QED) is 0.717. The number of carbonyl (C=O) groups is 1. The van der Waals surface area contributed by atoms with Gasteiger partial charge in [0.2, 0.25) is 0 Å². The van der Waals surface area contributed by atoms with Crippen LogP contribution in [0.2, 0.25) is 0 Å². The highest BCUT2D eigenvalue weighted by Crippen LogP contribution is 2.25. The van der Waals surface area contributed by atoms with Crippen LogP contribution in [0.3, 0.4) is 0 Å². The molecule has 1 aliphatic rings. The minimum absolute atomic E-state index is 0.545. The van der Waals surface area contributed by atoms with Gasteiger partial charge in [0.1, 0.15) is 0 Å². The highest BCUT2D eigenvalue weighted by atomic mass is 16.5. The van der Waals surface area contributed by atoms with E-state index in [4.69, 9.17) is 4.74 Å². The van der Waals surface area contributed by atoms with Gasteiger partial charge in [0.25, 0.3) is 0 Å². The molecule has 100 valence electrons. The van der Waals surface area contributed by atoms with Crippen molar-refractivity contribution in [3.63, 3.8) is 0 Å². The van der Waals surface area contributed by atoms with E-state index < -0.39 is 11.4 Å². The average molecular weight is 243 g/mol. The monoisotopic (exact) mass is 243 g/mol. The molecule has 1 saturated heterocycles. The van der Waals surface area contributed by atoms with Gasteiger partial charge in [0, 0.05) is 19.7 Å². The number of ether oxygens (including phenoxy) is 1. The summed E-state index contributed by atoms with van der Waals surface area (Å²) < 4.78 is 5.41. The van der Waals surface area contributed by atoms with Gasteiger partial charge in [-0.1, -0.05) is 13.8 Å². The second-order valence-electron chi connectivity index (χ2n) is 5.01. The molecule has 0 aromatic rings. The van der Waals surface area contributed by atoms with E-state index in [1.165, 1.54) is 6.42 Å². The van der Waals surface area contributed by atoms with Gasteiger partial charge in [-0.25, -0.2) is 0 Å². The maximum atomic E-state index is 11.3. The molecule has 0 aromatic heterocycles. The van der Waals surface area contributed by atoms with E-state index in [0.717, 1.165) is 26.2 Å². The Labute approximate surface area is 104 Å². The van der Waals surface area contributed by atoms with E-state index >= 15 is 0 Å². The lowest BCUT2D eigenvalue weighted by molar-refractivity contribution is -0.149. The van der Waals surface area contributed by atoms with Gasteiger partial charge < -0.3 is 15.2 Å². The summed E-state index contributed by atoms with van der Waals surface area (Å²) in [6.45, 7) is 7.01. The van der Waals surface area contributed by atoms with Crippen LogP contribution in [0.15, 0.2) is 0 Å². The van der Waals surface area contributed by atoms with Crippen LogP contribution >= 0.6 is 0 Å². The van der Waals surface area contributed by atoms with Gasteiger partial charge in [-0.3, -0.25) is 4.79 Å². The molecule has 1 fully saturated rings. The van der Waals surface area contributed by atoms with E-state index in [9.17, 15) is 9.90 Å². The van der Waals surface area contributed by atoms with E-state index in [0.29, 0.717) is 25.3 Å². The van der Waals surface area contributed by atoms with Crippen molar-refractivity contribution in [2.24, 2.45) is 11.3 Å². The lowest BCUT2D eigenvalue weighted by Crippen LogP contribution is -2.42. The van der Waals surface area contributed by atoms with Gasteiger partial charge >= 0.3 is 5.97 Å². The van der Waals surface area contributed by atoms with Gasteiger partial charge in [0.15, 0.2) is 0 Å². The smallest absolute Gasteiger partial charge is 0.310 e. The van der Waals surface area contributed by atoms with Crippen LogP contribution in [-0.4, -0.2) is 37.4 Å². The Morgan fingerprint density at radius 2 is 2.18 bits per heavy atom. The first-order valence-corrected chi connectivity index (χ1v) is 6.66. The Hall–Kier alpha value is -0.610. The maximum Gasteiger partial charge on any atom is 0.310 e. The number of aliphatic carboxylic acids is 1. The number of rotatable bonds is 7. The van der Waals surface area contributed by atoms with Crippen LogP contribution < -0.4 is 5.32 Å². The predicted octanol–water partition coefficient (Wildman–Crippen LogP) is 1.89. The highest BCUT2D eigenvalue weighted by molar-refractivity contribution is 5.74. The third-order valence-electron chi connectivity index (χ3n) is 3.96. The zero-order valence-corrected chi connectivity index (χ0v) is 11.0. The van der Waals surface area contributed by atoms with Crippen molar-refractivity contribution >= 4 is 5.97 Å². The maximum absolute atomic E-state index is 11.3. The molecule has 0 spiro atoms. The first kappa shape index (κ1) is 14.5. The average Bonchev–Trinajstić information content (AvgIpc) is 2.36. The largest absolute Gasteiger partial charge is 0.481 e. The predicted molar refractivity (Wildman–Crippen MR) is 67.1 cm³/mol. The van der Waals surface area contributed by atoms with Crippen LogP contribution in [0.25, 0.3) is 0 Å². The summed E-state index contributed by atoms with van der Waals surface area (Å²) in [4.78, 5) is 11.3. The zero-order chi connectivity index (χ0) is 12.7. The van der Waals surface area contributed by atoms with Gasteiger partial charge in [-0.2, -0.15) is 0 Å². The van der Waals surface area contributed by atoms with E-state index in [2.05, 4.69) is 5.32 Å². The topological polar surface area (TPSA) is 58.6 Å². The Morgan fingerprint density at radius 3 is 2.65 bits per heavy atom. The molecule has 0 aromatic carbocycles. The second-order valence-corrected chi connectivity index (χ2v) is 5.01. The van der Waals surface area contributed by atoms with Crippen LogP contribution in [0, 0.1) is 11.3 Å². The van der Waals surface area contributed by atoms with Gasteiger partial charge in [-0.15, -0.1) is 0 Å². The zero-order valence-electron chi connectivity index (χ0n) is 11.0. The molecule has 0 saturated carbocycles. The second kappa shape index (κ2) is 6.97. The molecule has 4 heteroatoms. The van der Waals surface area contributed by atoms with Crippen molar-refractivity contribution in [1.29, 1.82) is 0 Å². The molecule has 1 aliphatic heterocycles. The summed E-state index contributed by atoms with van der Waals surface area (Å²) in [6.07, 6.45) is 3.66. The van der Waals surface area contributed by atoms with E-state index in [-0.39, 0.29) is 0 Å². The molecule has 0 radical (unpaired) electrons. The molecule has 1 atom stereocenters. The molecule has 1 heterocycles. The minimum atomic E-state index is -0.685. The summed E-state index contributed by atoms with van der Waals surface area (Å²) in [7, 11) is 0. The first-order valence-electron chi connectivity index (χ1n) is 6.66. The molecular formula is C13H25NO3. The van der Waals surface area contributed by atoms with Crippen LogP contribution in [0.5, 0.6) is 0 Å². The molecule has 0 amide bonds. The summed E-state index contributed by atoms with van der Waals surface area (Å²) in [5.41, 5.74) is -0.602. The Balaban J connectivity index is 2.33. The van der Waals surface area contributed by atoms with Crippen LogP contribution in [-0.2, 0) is 9.53 Å². The molecule has 17 heavy (non-hydrogen) atoms. The number of nitrogens with one attached hydrogen (secondary N) is 1. The van der Waals surface area contributed by atoms with E-state index in [1.807, 2.05) is 13.8 Å². The van der Waals surface area contributed by atoms with Crippen LogP contribution in [0.4, 0.5) is 0 Å². The summed E-state index contributed by atoms with van der Waals surface area (Å²) in [5.74, 6) is -0.140. The number of carboxylic acids is 1. The summed E-state index contributed by atoms with van der Waals surface area (Å²) in [5, 5.41) is 12.6. The number of hydrogen-bond acceptors (Lipinski definition) is 3. The summed E-state index contributed by atoms with van der Waals surface area (Å²) in [6, 6.07) is 0. The first-order chi connectivity index (χ1) is 8.14. The summed E-state index contributed by atoms with van der Waals surface area (Å²) >= 11 is 0. The van der Waals surface area contributed by atoms with Crippen LogP contribution in [0.1, 0.15) is 39.5 Å². The lowest BCUT2D eigenvalue weighted by atomic mass is 9.82. The SMILES string of the molecule is CCC(CC)(CNCC1CCCOC1)C(=O)O. The Bertz CT molecular complexity index is 233. The molecule has 0 bridgehead atoms. The van der Waals surface area contributed by atoms with Crippen molar-refractivity contribution in [2.45, 2.75) is 39.5 Å². The third-order valence-corrected chi connectivity index (χ3v) is 3.96. The molecular weight excluding hydrogens is 218 g/mol. The van der Waals surface area contributed by atoms with Crippen molar-refractivity contribution in [3.05, 3.63) is 0 Å². The van der Waals surface area contributed by atoms with Crippen molar-refractivity contribution in [1.82, 2.24) is 5.32 Å². The lowest BCUT2D eigenvalue weighted by Gasteiger charge is -2.29. The normalized spacial score (nSPS) is 21.4. The number of hydrogen-bond donors (Lipinski definition) is 2. The van der Waals surface area contributed by atoms with Crippen molar-refractivity contribution in [3.8, 4) is 0 Å². The fourth-order valence-electron chi connectivity index (χ4n) is 2.36. The molecule has 1 unspecified atom stereocenters. The third kappa shape index (κ3) is 3.96. The van der Waals surface area contributed by atoms with Crippen molar-refractivity contribution < 1.29 is 14.6 Å². The van der Waals surface area contributed by atoms with Crippen molar-refractivity contribution in [2.75, 3.05) is 26.3 Å². The highest BCUT2D eigenvalue weighted by Gasteiger charge is 2.34. The number of carboxylic acid groups (broad SMARTS) is 1. The van der Waals surface area contributed by atoms with E-state index in [1.54, 1.807) is 0 Å².